The Hall–Kier alpha value is -9.90. The summed E-state index contributed by atoms with van der Waals surface area (Å²) in [6, 6.07) is 89.3. The summed E-state index contributed by atoms with van der Waals surface area (Å²) in [5, 5.41) is 0. The number of fused-ring (bicyclic) bond motifs is 7. The van der Waals surface area contributed by atoms with E-state index in [-0.39, 0.29) is 34.3 Å². The van der Waals surface area contributed by atoms with Crippen LogP contribution in [0.2, 0.25) is 0 Å². The molecule has 9 aliphatic rings. The Morgan fingerprint density at radius 3 is 1.25 bits per heavy atom. The Morgan fingerprint density at radius 1 is 0.370 bits per heavy atom. The second kappa shape index (κ2) is 25.9. The zero-order valence-electron chi connectivity index (χ0n) is 65.7. The minimum Gasteiger partial charge on any atom is -0.365 e. The number of allylic oxidation sites excluding steroid dienone is 12. The molecule has 6 aliphatic carbocycles. The van der Waals surface area contributed by atoms with Crippen molar-refractivity contribution >= 4 is 68.5 Å². The molecule has 10 aromatic rings. The fourth-order valence-corrected chi connectivity index (χ4v) is 21.2. The smallest absolute Gasteiger partial charge is 0.252 e. The average Bonchev–Trinajstić information content (AvgIpc) is 0.807. The molecule has 3 aliphatic heterocycles. The van der Waals surface area contributed by atoms with Gasteiger partial charge >= 0.3 is 0 Å². The van der Waals surface area contributed by atoms with Gasteiger partial charge in [0.15, 0.2) is 0 Å². The normalized spacial score (nSPS) is 21.9. The molecule has 0 bridgehead atoms. The van der Waals surface area contributed by atoms with Crippen molar-refractivity contribution in [2.75, 3.05) is 14.7 Å². The van der Waals surface area contributed by atoms with Gasteiger partial charge in [-0.15, -0.1) is 0 Å². The summed E-state index contributed by atoms with van der Waals surface area (Å²) in [5.74, 6) is 2.41. The topological polar surface area (TPSA) is 9.72 Å². The first-order valence-electron chi connectivity index (χ1n) is 40.9. The first-order chi connectivity index (χ1) is 52.1. The molecule has 4 heteroatoms. The lowest BCUT2D eigenvalue weighted by atomic mass is 9.33. The molecule has 538 valence electrons. The van der Waals surface area contributed by atoms with Crippen LogP contribution in [0.5, 0.6) is 0 Å². The van der Waals surface area contributed by atoms with Crippen LogP contribution in [0.4, 0.5) is 39.8 Å². The van der Waals surface area contributed by atoms with Crippen molar-refractivity contribution in [3.8, 4) is 55.6 Å². The second-order valence-electron chi connectivity index (χ2n) is 37.3. The number of hydrogen-bond acceptors (Lipinski definition) is 3. The highest BCUT2D eigenvalue weighted by Crippen LogP contribution is 2.61. The highest BCUT2D eigenvalue weighted by molar-refractivity contribution is 7.00. The van der Waals surface area contributed by atoms with E-state index in [2.05, 4.69) is 359 Å². The highest BCUT2D eigenvalue weighted by atomic mass is 15.3. The number of benzene rings is 10. The van der Waals surface area contributed by atoms with E-state index in [0.29, 0.717) is 35.8 Å². The van der Waals surface area contributed by atoms with Crippen LogP contribution < -0.4 is 31.1 Å². The van der Waals surface area contributed by atoms with Crippen LogP contribution in [-0.4, -0.2) is 18.8 Å². The summed E-state index contributed by atoms with van der Waals surface area (Å²) in [5.41, 5.74) is 37.2. The summed E-state index contributed by atoms with van der Waals surface area (Å²) >= 11 is 0. The molecule has 108 heavy (non-hydrogen) atoms. The van der Waals surface area contributed by atoms with Crippen LogP contribution >= 0.6 is 0 Å². The largest absolute Gasteiger partial charge is 0.365 e. The second-order valence-corrected chi connectivity index (χ2v) is 37.3. The molecule has 0 radical (unpaired) electrons. The molecule has 0 aromatic heterocycles. The molecule has 0 amide bonds. The molecule has 2 saturated carbocycles. The maximum absolute atomic E-state index is 3.08. The van der Waals surface area contributed by atoms with E-state index >= 15 is 0 Å². The monoisotopic (exact) mass is 1410 g/mol. The van der Waals surface area contributed by atoms with E-state index in [1.807, 2.05) is 0 Å². The fourth-order valence-electron chi connectivity index (χ4n) is 21.2. The molecule has 3 heterocycles. The van der Waals surface area contributed by atoms with E-state index in [1.54, 1.807) is 5.57 Å². The lowest BCUT2D eigenvalue weighted by Gasteiger charge is -2.48. The first-order valence-corrected chi connectivity index (χ1v) is 40.9. The van der Waals surface area contributed by atoms with Gasteiger partial charge < -0.3 is 14.7 Å². The van der Waals surface area contributed by atoms with Crippen LogP contribution in [0, 0.1) is 40.4 Å². The molecule has 19 rings (SSSR count). The summed E-state index contributed by atoms with van der Waals surface area (Å²) in [4.78, 5) is 8.77. The summed E-state index contributed by atoms with van der Waals surface area (Å²) in [7, 11) is 0. The van der Waals surface area contributed by atoms with Gasteiger partial charge in [0.05, 0.1) is 11.4 Å². The van der Waals surface area contributed by atoms with Crippen molar-refractivity contribution < 1.29 is 0 Å². The maximum Gasteiger partial charge on any atom is 0.252 e. The number of hydrogen-bond donors (Lipinski definition) is 0. The van der Waals surface area contributed by atoms with E-state index < -0.39 is 0 Å². The third-order valence-electron chi connectivity index (χ3n) is 26.6. The third kappa shape index (κ3) is 11.5. The Kier molecular flexibility index (Phi) is 16.5. The molecule has 3 fully saturated rings. The Labute approximate surface area is 644 Å². The predicted molar refractivity (Wildman–Crippen MR) is 461 cm³/mol. The van der Waals surface area contributed by atoms with Crippen molar-refractivity contribution in [2.24, 2.45) is 40.4 Å². The van der Waals surface area contributed by atoms with Crippen LogP contribution in [0.3, 0.4) is 0 Å². The molecule has 0 N–H and O–H groups in total. The van der Waals surface area contributed by atoms with Crippen molar-refractivity contribution in [3.05, 3.63) is 305 Å². The number of rotatable bonds is 9. The predicted octanol–water partition coefficient (Wildman–Crippen LogP) is 26.0. The van der Waals surface area contributed by atoms with Crippen molar-refractivity contribution in [3.63, 3.8) is 0 Å². The zero-order valence-corrected chi connectivity index (χ0v) is 65.7. The summed E-state index contributed by atoms with van der Waals surface area (Å²) in [6.45, 7) is 28.7. The zero-order chi connectivity index (χ0) is 73.9. The van der Waals surface area contributed by atoms with Crippen molar-refractivity contribution in [1.82, 2.24) is 0 Å². The van der Waals surface area contributed by atoms with Gasteiger partial charge in [0.25, 0.3) is 6.71 Å². The standard InChI is InChI=1S/C104H104BN3/c1-101(2,3)75-52-72-46-47-73-53-76(102(4,5)6)62-87-82(55-74(54-75)96(72)97(73)87)71-49-51-93-89(57-71)105-88-56-70(65-32-18-13-19-33-65)48-50-92(88)107(99-83(66-34-20-14-21-35-66)58-77(103(7,8)9)59-84(99)67-36-22-15-23-37-67)94-63-79(106-90-44-30-28-42-80(90)81-43-29-31-45-91(81)106)64-95(98(94)105)108(93)100-85(68-38-24-16-25-39-68)60-78(104(10,11)12)61-86(100)69-40-26-17-27-41-69/h13-27,32-41,46-51,53-64,72,80-81,90-91,96-97H,28-31,42-45,52H2,1-12H3. The van der Waals surface area contributed by atoms with Crippen LogP contribution in [0.25, 0.3) is 61.2 Å². The van der Waals surface area contributed by atoms with E-state index in [0.717, 1.165) is 6.42 Å². The van der Waals surface area contributed by atoms with Crippen LogP contribution in [0.15, 0.2) is 289 Å². The van der Waals surface area contributed by atoms with Crippen molar-refractivity contribution in [2.45, 2.75) is 164 Å². The van der Waals surface area contributed by atoms with Gasteiger partial charge in [0, 0.05) is 74.6 Å². The molecule has 0 spiro atoms. The third-order valence-corrected chi connectivity index (χ3v) is 26.6. The maximum atomic E-state index is 3.08. The van der Waals surface area contributed by atoms with Gasteiger partial charge in [0.1, 0.15) is 0 Å². The first kappa shape index (κ1) is 68.6. The van der Waals surface area contributed by atoms with Gasteiger partial charge in [-0.2, -0.15) is 0 Å². The molecule has 1 saturated heterocycles. The lowest BCUT2D eigenvalue weighted by molar-refractivity contribution is 0.231. The van der Waals surface area contributed by atoms with Gasteiger partial charge in [-0.25, -0.2) is 0 Å². The summed E-state index contributed by atoms with van der Waals surface area (Å²) < 4.78 is 0. The van der Waals surface area contributed by atoms with Crippen LogP contribution in [0.1, 0.15) is 158 Å². The summed E-state index contributed by atoms with van der Waals surface area (Å²) in [6.07, 6.45) is 27.1. The molecular weight excluding hydrogens is 1300 g/mol. The van der Waals surface area contributed by atoms with Gasteiger partial charge in [0.2, 0.25) is 0 Å². The average molecular weight is 1410 g/mol. The Bertz CT molecular complexity index is 5280. The quantitative estimate of drug-likeness (QED) is 0.133. The SMILES string of the molecule is CC(C)(C)C1=CC2=C(c3ccc4c(c3)B3c5cc(-c6ccccc6)ccc5N(c5c(-c6ccccc6)cc(C(C)(C)C)cc5-c5ccccc5)c5cc(N6C7CCCCC7C7CCCCC76)cc(c53)N4c3c(-c4ccccc4)cc(C(C)(C)C)cc3-c3ccccc3)C=C3C=C(C(C)(C)C)CC4C=CC(=C1)C2C34. The molecule has 10 aromatic carbocycles. The molecule has 3 nitrogen and oxygen atoms in total. The van der Waals surface area contributed by atoms with E-state index in [1.165, 1.54) is 208 Å². The Morgan fingerprint density at radius 2 is 0.806 bits per heavy atom. The highest BCUT2D eigenvalue weighted by Gasteiger charge is 2.53. The van der Waals surface area contributed by atoms with Gasteiger partial charge in [-0.05, 0) is 214 Å². The fraction of sp³-hybridized carbons (Fsp3) is 0.308. The number of nitrogens with zero attached hydrogens (tertiary/aromatic N) is 3. The van der Waals surface area contributed by atoms with Crippen molar-refractivity contribution in [1.29, 1.82) is 0 Å². The van der Waals surface area contributed by atoms with Crippen LogP contribution in [-0.2, 0) is 10.8 Å². The lowest BCUT2D eigenvalue weighted by Crippen LogP contribution is -2.61. The molecule has 7 unspecified atom stereocenters. The van der Waals surface area contributed by atoms with Gasteiger partial charge in [-0.3, -0.25) is 0 Å². The number of anilines is 7. The molecule has 7 atom stereocenters. The van der Waals surface area contributed by atoms with E-state index in [4.69, 9.17) is 0 Å². The Balaban J connectivity index is 0.997. The minimum atomic E-state index is -0.210. The minimum absolute atomic E-state index is 0.0402. The molecular formula is C104H104BN3. The van der Waals surface area contributed by atoms with Gasteiger partial charge in [-0.1, -0.05) is 327 Å². The van der Waals surface area contributed by atoms with E-state index in [9.17, 15) is 0 Å².